The van der Waals surface area contributed by atoms with Crippen LogP contribution in [0.25, 0.3) is 0 Å². The summed E-state index contributed by atoms with van der Waals surface area (Å²) < 4.78 is 5.54. The average Bonchev–Trinajstić information content (AvgIpc) is 3.59. The summed E-state index contributed by atoms with van der Waals surface area (Å²) in [6.45, 7) is 5.68. The standard InChI is InChI=1S/C30H38N4O2/c1-21-23(11-8-12-27(21)36-2)20-34(24-13-14-24)29(35)25-15-16-30(33-17-6-7-18-33)28(31-19-26(25)32-30)22-9-4-3-5-10-22/h3-5,8-12,15,24,26,28,31-32H,6-7,13-14,16-20H2,1-2H3. The van der Waals surface area contributed by atoms with E-state index in [1.807, 2.05) is 12.1 Å². The zero-order valence-electron chi connectivity index (χ0n) is 21.5. The number of nitrogens with zero attached hydrogens (tertiary/aromatic N) is 2. The predicted molar refractivity (Wildman–Crippen MR) is 142 cm³/mol. The van der Waals surface area contributed by atoms with Gasteiger partial charge in [0, 0.05) is 37.8 Å². The van der Waals surface area contributed by atoms with Gasteiger partial charge in [-0.3, -0.25) is 15.0 Å². The molecule has 1 saturated carbocycles. The van der Waals surface area contributed by atoms with Gasteiger partial charge in [0.25, 0.3) is 5.91 Å². The highest BCUT2D eigenvalue weighted by atomic mass is 16.5. The Morgan fingerprint density at radius 1 is 1.11 bits per heavy atom. The molecule has 3 fully saturated rings. The number of methoxy groups -OCH3 is 1. The fraction of sp³-hybridized carbons (Fsp3) is 0.500. The van der Waals surface area contributed by atoms with Crippen LogP contribution in [-0.2, 0) is 11.3 Å². The lowest BCUT2D eigenvalue weighted by Gasteiger charge is -2.56. The molecule has 0 spiro atoms. The summed E-state index contributed by atoms with van der Waals surface area (Å²) in [6.07, 6.45) is 7.75. The first kappa shape index (κ1) is 23.7. The summed E-state index contributed by atoms with van der Waals surface area (Å²) in [5.41, 5.74) is 4.32. The Bertz CT molecular complexity index is 1140. The van der Waals surface area contributed by atoms with Crippen LogP contribution in [0.4, 0.5) is 0 Å². The molecule has 2 aromatic carbocycles. The van der Waals surface area contributed by atoms with E-state index in [4.69, 9.17) is 4.74 Å². The molecule has 3 unspecified atom stereocenters. The van der Waals surface area contributed by atoms with Crippen molar-refractivity contribution < 1.29 is 9.53 Å². The highest BCUT2D eigenvalue weighted by Crippen LogP contribution is 2.42. The molecule has 36 heavy (non-hydrogen) atoms. The molecule has 6 heteroatoms. The molecular formula is C30H38N4O2. The summed E-state index contributed by atoms with van der Waals surface area (Å²) in [6, 6.07) is 17.5. The third-order valence-corrected chi connectivity index (χ3v) is 8.69. The fourth-order valence-electron chi connectivity index (χ4n) is 6.56. The normalized spacial score (nSPS) is 28.0. The SMILES string of the molecule is COc1cccc(CN(C(=O)C2=CCC3(N4CCCC4)NC2CNC3c2ccccc2)C2CC2)c1C. The summed E-state index contributed by atoms with van der Waals surface area (Å²) >= 11 is 0. The number of hydrogen-bond acceptors (Lipinski definition) is 5. The number of rotatable bonds is 7. The topological polar surface area (TPSA) is 56.8 Å². The first-order chi connectivity index (χ1) is 17.6. The number of likely N-dealkylation sites (tertiary alicyclic amines) is 1. The Morgan fingerprint density at radius 3 is 2.61 bits per heavy atom. The van der Waals surface area contributed by atoms with Crippen LogP contribution < -0.4 is 15.4 Å². The molecule has 190 valence electrons. The fourth-order valence-corrected chi connectivity index (χ4v) is 6.56. The second-order valence-corrected chi connectivity index (χ2v) is 10.8. The number of piperazine rings is 1. The highest BCUT2D eigenvalue weighted by molar-refractivity contribution is 5.95. The van der Waals surface area contributed by atoms with Crippen molar-refractivity contribution in [2.24, 2.45) is 0 Å². The Balaban J connectivity index is 1.29. The molecule has 0 aromatic heterocycles. The minimum absolute atomic E-state index is 0.0134. The lowest BCUT2D eigenvalue weighted by atomic mass is 9.80. The van der Waals surface area contributed by atoms with Crippen molar-refractivity contribution in [2.45, 2.75) is 69.4 Å². The number of carbonyl (C=O) groups is 1. The number of ether oxygens (including phenoxy) is 1. The van der Waals surface area contributed by atoms with Gasteiger partial charge in [-0.05, 0) is 61.8 Å². The predicted octanol–water partition coefficient (Wildman–Crippen LogP) is 3.92. The molecule has 3 aliphatic heterocycles. The Labute approximate surface area is 214 Å². The van der Waals surface area contributed by atoms with Crippen LogP contribution in [0.3, 0.4) is 0 Å². The van der Waals surface area contributed by atoms with Gasteiger partial charge in [-0.15, -0.1) is 0 Å². The van der Waals surface area contributed by atoms with E-state index >= 15 is 0 Å². The number of carbonyl (C=O) groups excluding carboxylic acids is 1. The lowest BCUT2D eigenvalue weighted by Crippen LogP contribution is -2.73. The van der Waals surface area contributed by atoms with Gasteiger partial charge in [0.15, 0.2) is 0 Å². The first-order valence-electron chi connectivity index (χ1n) is 13.6. The van der Waals surface area contributed by atoms with E-state index in [1.54, 1.807) is 7.11 Å². The Hall–Kier alpha value is -2.67. The molecule has 1 amide bonds. The summed E-state index contributed by atoms with van der Waals surface area (Å²) in [5.74, 6) is 1.07. The van der Waals surface area contributed by atoms with E-state index in [1.165, 1.54) is 18.4 Å². The maximum absolute atomic E-state index is 14.1. The van der Waals surface area contributed by atoms with Crippen molar-refractivity contribution in [1.82, 2.24) is 20.4 Å². The first-order valence-corrected chi connectivity index (χ1v) is 13.6. The Morgan fingerprint density at radius 2 is 1.89 bits per heavy atom. The second-order valence-electron chi connectivity index (χ2n) is 10.8. The molecule has 6 rings (SSSR count). The zero-order chi connectivity index (χ0) is 24.7. The van der Waals surface area contributed by atoms with Gasteiger partial charge in [0.2, 0.25) is 0 Å². The largest absolute Gasteiger partial charge is 0.496 e. The summed E-state index contributed by atoms with van der Waals surface area (Å²) in [4.78, 5) is 18.8. The number of benzene rings is 2. The maximum Gasteiger partial charge on any atom is 0.251 e. The second kappa shape index (κ2) is 9.66. The maximum atomic E-state index is 14.1. The molecule has 2 aromatic rings. The van der Waals surface area contributed by atoms with E-state index in [2.05, 4.69) is 69.8 Å². The van der Waals surface area contributed by atoms with Crippen LogP contribution >= 0.6 is 0 Å². The van der Waals surface area contributed by atoms with Crippen LogP contribution in [0, 0.1) is 6.92 Å². The molecule has 3 heterocycles. The van der Waals surface area contributed by atoms with Crippen LogP contribution in [0.2, 0.25) is 0 Å². The molecule has 0 radical (unpaired) electrons. The van der Waals surface area contributed by atoms with Crippen molar-refractivity contribution in [3.8, 4) is 5.75 Å². The molecule has 2 bridgehead atoms. The van der Waals surface area contributed by atoms with Crippen LogP contribution in [0.5, 0.6) is 5.75 Å². The van der Waals surface area contributed by atoms with E-state index in [-0.39, 0.29) is 23.7 Å². The van der Waals surface area contributed by atoms with Crippen molar-refractivity contribution >= 4 is 5.91 Å². The van der Waals surface area contributed by atoms with E-state index in [0.717, 1.165) is 61.3 Å². The van der Waals surface area contributed by atoms with Gasteiger partial charge in [0.05, 0.1) is 24.9 Å². The molecule has 4 aliphatic rings. The van der Waals surface area contributed by atoms with Crippen LogP contribution in [-0.4, -0.2) is 60.2 Å². The van der Waals surface area contributed by atoms with Crippen molar-refractivity contribution in [3.63, 3.8) is 0 Å². The van der Waals surface area contributed by atoms with E-state index in [0.29, 0.717) is 12.6 Å². The van der Waals surface area contributed by atoms with Crippen molar-refractivity contribution in [1.29, 1.82) is 0 Å². The van der Waals surface area contributed by atoms with Gasteiger partial charge in [-0.2, -0.15) is 0 Å². The third-order valence-electron chi connectivity index (χ3n) is 8.69. The van der Waals surface area contributed by atoms with Gasteiger partial charge in [0.1, 0.15) is 5.75 Å². The van der Waals surface area contributed by atoms with Gasteiger partial charge >= 0.3 is 0 Å². The number of amides is 1. The molecule has 2 saturated heterocycles. The average molecular weight is 487 g/mol. The van der Waals surface area contributed by atoms with Crippen LogP contribution in [0.1, 0.15) is 54.8 Å². The monoisotopic (exact) mass is 486 g/mol. The molecule has 2 N–H and O–H groups in total. The zero-order valence-corrected chi connectivity index (χ0v) is 21.5. The van der Waals surface area contributed by atoms with Crippen molar-refractivity contribution in [3.05, 3.63) is 76.9 Å². The molecule has 3 atom stereocenters. The Kier molecular flexibility index (Phi) is 6.36. The molecule has 1 aliphatic carbocycles. The van der Waals surface area contributed by atoms with Crippen LogP contribution in [0.15, 0.2) is 60.2 Å². The molecule has 6 nitrogen and oxygen atoms in total. The molecular weight excluding hydrogens is 448 g/mol. The number of fused-ring (bicyclic) bond motifs is 2. The minimum atomic E-state index is -0.196. The summed E-state index contributed by atoms with van der Waals surface area (Å²) in [7, 11) is 1.71. The smallest absolute Gasteiger partial charge is 0.251 e. The van der Waals surface area contributed by atoms with Gasteiger partial charge in [-0.25, -0.2) is 0 Å². The van der Waals surface area contributed by atoms with Gasteiger partial charge < -0.3 is 15.0 Å². The van der Waals surface area contributed by atoms with Gasteiger partial charge in [-0.1, -0.05) is 48.5 Å². The number of hydrogen-bond donors (Lipinski definition) is 2. The number of nitrogens with one attached hydrogen (secondary N) is 2. The van der Waals surface area contributed by atoms with Crippen molar-refractivity contribution in [2.75, 3.05) is 26.7 Å². The third kappa shape index (κ3) is 4.15. The summed E-state index contributed by atoms with van der Waals surface area (Å²) in [5, 5.41) is 7.89. The van der Waals surface area contributed by atoms with E-state index in [9.17, 15) is 4.79 Å². The quantitative estimate of drug-likeness (QED) is 0.621. The van der Waals surface area contributed by atoms with E-state index < -0.39 is 0 Å². The lowest BCUT2D eigenvalue weighted by molar-refractivity contribution is -0.129. The minimum Gasteiger partial charge on any atom is -0.496 e. The highest BCUT2D eigenvalue weighted by Gasteiger charge is 2.52.